The van der Waals surface area contributed by atoms with Crippen molar-refractivity contribution < 1.29 is 47.7 Å². The molecule has 15 heteroatoms. The first-order valence-corrected chi connectivity index (χ1v) is 15.7. The van der Waals surface area contributed by atoms with Crippen molar-refractivity contribution in [3.05, 3.63) is 0 Å². The van der Waals surface area contributed by atoms with Gasteiger partial charge in [-0.05, 0) is 53.5 Å². The van der Waals surface area contributed by atoms with E-state index in [2.05, 4.69) is 21.3 Å². The molecule has 0 bridgehead atoms. The molecule has 0 unspecified atom stereocenters. The molecule has 0 saturated carbocycles. The third-order valence-corrected chi connectivity index (χ3v) is 6.07. The van der Waals surface area contributed by atoms with E-state index in [1.807, 2.05) is 6.92 Å². The van der Waals surface area contributed by atoms with E-state index in [9.17, 15) is 24.0 Å². The Bertz CT molecular complexity index is 853. The summed E-state index contributed by atoms with van der Waals surface area (Å²) in [6.07, 6.45) is 3.16. The highest BCUT2D eigenvalue weighted by Crippen LogP contribution is 2.09. The Morgan fingerprint density at radius 2 is 1.20 bits per heavy atom. The number of nitrogens with one attached hydrogen (secondary N) is 4. The van der Waals surface area contributed by atoms with Crippen molar-refractivity contribution in [3.8, 4) is 0 Å². The zero-order valence-corrected chi connectivity index (χ0v) is 27.8. The lowest BCUT2D eigenvalue weighted by molar-refractivity contribution is -0.156. The third-order valence-electron chi connectivity index (χ3n) is 6.07. The highest BCUT2D eigenvalue weighted by atomic mass is 16.6. The van der Waals surface area contributed by atoms with Gasteiger partial charge in [0, 0.05) is 32.5 Å². The summed E-state index contributed by atoms with van der Waals surface area (Å²) in [4.78, 5) is 59.0. The van der Waals surface area contributed by atoms with Gasteiger partial charge < -0.3 is 50.7 Å². The molecule has 0 aromatic carbocycles. The van der Waals surface area contributed by atoms with E-state index in [-0.39, 0.29) is 95.2 Å². The predicted octanol–water partition coefficient (Wildman–Crippen LogP) is -0.412. The molecule has 0 rings (SSSR count). The number of hydrogen-bond donors (Lipinski definition) is 5. The molecule has 0 aromatic heterocycles. The van der Waals surface area contributed by atoms with Crippen molar-refractivity contribution in [1.82, 2.24) is 21.3 Å². The molecule has 6 N–H and O–H groups in total. The van der Waals surface area contributed by atoms with Crippen molar-refractivity contribution >= 4 is 29.5 Å². The minimum absolute atomic E-state index is 0.0597. The molecule has 45 heavy (non-hydrogen) atoms. The molecule has 3 amide bonds. The number of ether oxygens (including phenoxy) is 5. The zero-order valence-electron chi connectivity index (χ0n) is 27.8. The summed E-state index contributed by atoms with van der Waals surface area (Å²) in [6.45, 7) is 9.61. The fraction of sp³-hybridized carbons (Fsp3) is 0.833. The summed E-state index contributed by atoms with van der Waals surface area (Å²) in [6, 6.07) is -0.983. The number of rotatable bonds is 28. The Kier molecular flexibility index (Phi) is 24.9. The van der Waals surface area contributed by atoms with Gasteiger partial charge in [-0.1, -0.05) is 6.92 Å². The first kappa shape index (κ1) is 42.3. The number of ketones is 1. The number of esters is 1. The van der Waals surface area contributed by atoms with Crippen LogP contribution in [0.5, 0.6) is 0 Å². The van der Waals surface area contributed by atoms with E-state index in [0.717, 1.165) is 19.3 Å². The molecular weight excluding hydrogens is 590 g/mol. The predicted molar refractivity (Wildman–Crippen MR) is 167 cm³/mol. The standard InChI is InChI=1S/C30H57N5O10/c1-6-25(36)24(32-5)9-7-8-12-33-27(38)21-43-19-18-42-16-14-35-28(39)22-44-20-17-41-15-13-34-26(37)11-10-23(31)29(40)45-30(2,3)4/h23-24,32H,6-22,31H2,1-5H3,(H,33,38)(H,34,37)(H,35,39)/t23-,24-/m0/s1. The van der Waals surface area contributed by atoms with Gasteiger partial charge in [0.15, 0.2) is 0 Å². The summed E-state index contributed by atoms with van der Waals surface area (Å²) in [7, 11) is 1.78. The Balaban J connectivity index is 3.54. The Morgan fingerprint density at radius 1 is 0.689 bits per heavy atom. The maximum atomic E-state index is 11.9. The van der Waals surface area contributed by atoms with Crippen LogP contribution in [-0.4, -0.2) is 127 Å². The molecule has 0 fully saturated rings. The van der Waals surface area contributed by atoms with Crippen LogP contribution in [0.25, 0.3) is 0 Å². The quantitative estimate of drug-likeness (QED) is 0.0543. The van der Waals surface area contributed by atoms with Crippen LogP contribution in [0.1, 0.15) is 66.2 Å². The highest BCUT2D eigenvalue weighted by Gasteiger charge is 2.22. The lowest BCUT2D eigenvalue weighted by Gasteiger charge is -2.22. The van der Waals surface area contributed by atoms with Crippen molar-refractivity contribution in [2.45, 2.75) is 83.9 Å². The van der Waals surface area contributed by atoms with Crippen LogP contribution in [0.3, 0.4) is 0 Å². The molecule has 0 aliphatic heterocycles. The van der Waals surface area contributed by atoms with Crippen molar-refractivity contribution in [2.75, 3.05) is 79.5 Å². The Morgan fingerprint density at radius 3 is 1.71 bits per heavy atom. The molecule has 0 aromatic rings. The van der Waals surface area contributed by atoms with Crippen LogP contribution in [-0.2, 0) is 47.7 Å². The maximum absolute atomic E-state index is 11.9. The van der Waals surface area contributed by atoms with Crippen LogP contribution in [0.2, 0.25) is 0 Å². The third kappa shape index (κ3) is 26.3. The van der Waals surface area contributed by atoms with E-state index in [1.54, 1.807) is 27.8 Å². The number of nitrogens with two attached hydrogens (primary N) is 1. The van der Waals surface area contributed by atoms with Gasteiger partial charge in [-0.15, -0.1) is 0 Å². The fourth-order valence-corrected chi connectivity index (χ4v) is 3.68. The van der Waals surface area contributed by atoms with Crippen molar-refractivity contribution in [1.29, 1.82) is 0 Å². The van der Waals surface area contributed by atoms with E-state index in [0.29, 0.717) is 26.1 Å². The molecule has 15 nitrogen and oxygen atoms in total. The van der Waals surface area contributed by atoms with E-state index in [4.69, 9.17) is 29.4 Å². The van der Waals surface area contributed by atoms with Gasteiger partial charge in [0.05, 0.1) is 45.7 Å². The summed E-state index contributed by atoms with van der Waals surface area (Å²) < 4.78 is 26.4. The number of unbranched alkanes of at least 4 members (excludes halogenated alkanes) is 1. The van der Waals surface area contributed by atoms with Crippen LogP contribution in [0.4, 0.5) is 0 Å². The van der Waals surface area contributed by atoms with E-state index < -0.39 is 17.6 Å². The zero-order chi connectivity index (χ0) is 33.9. The Labute approximate surface area is 267 Å². The van der Waals surface area contributed by atoms with Gasteiger partial charge in [-0.2, -0.15) is 0 Å². The first-order valence-electron chi connectivity index (χ1n) is 15.7. The van der Waals surface area contributed by atoms with Gasteiger partial charge in [-0.3, -0.25) is 24.0 Å². The lowest BCUT2D eigenvalue weighted by atomic mass is 10.0. The largest absolute Gasteiger partial charge is 0.459 e. The molecule has 0 spiro atoms. The second-order valence-electron chi connectivity index (χ2n) is 11.2. The minimum atomic E-state index is -0.858. The molecular formula is C30H57N5O10. The summed E-state index contributed by atoms with van der Waals surface area (Å²) >= 11 is 0. The van der Waals surface area contributed by atoms with Gasteiger partial charge in [-0.25, -0.2) is 0 Å². The average molecular weight is 648 g/mol. The fourth-order valence-electron chi connectivity index (χ4n) is 3.68. The summed E-state index contributed by atoms with van der Waals surface area (Å²) in [5.74, 6) is -1.08. The van der Waals surface area contributed by atoms with Gasteiger partial charge in [0.25, 0.3) is 0 Å². The van der Waals surface area contributed by atoms with Crippen LogP contribution < -0.4 is 27.0 Å². The van der Waals surface area contributed by atoms with Gasteiger partial charge >= 0.3 is 5.97 Å². The number of amides is 3. The molecule has 262 valence electrons. The van der Waals surface area contributed by atoms with Crippen molar-refractivity contribution in [3.63, 3.8) is 0 Å². The van der Waals surface area contributed by atoms with Gasteiger partial charge in [0.1, 0.15) is 30.6 Å². The second kappa shape index (κ2) is 26.5. The van der Waals surface area contributed by atoms with Crippen LogP contribution in [0, 0.1) is 0 Å². The molecule has 0 saturated heterocycles. The average Bonchev–Trinajstić information content (AvgIpc) is 2.98. The minimum Gasteiger partial charge on any atom is -0.459 e. The summed E-state index contributed by atoms with van der Waals surface area (Å²) in [5, 5.41) is 11.2. The molecule has 0 radical (unpaired) electrons. The molecule has 0 aliphatic carbocycles. The smallest absolute Gasteiger partial charge is 0.323 e. The van der Waals surface area contributed by atoms with E-state index >= 15 is 0 Å². The lowest BCUT2D eigenvalue weighted by Crippen LogP contribution is -2.38. The Hall–Kier alpha value is -2.69. The number of likely N-dealkylation sites (N-methyl/N-ethyl adjacent to an activating group) is 1. The maximum Gasteiger partial charge on any atom is 0.323 e. The van der Waals surface area contributed by atoms with Crippen molar-refractivity contribution in [2.24, 2.45) is 5.73 Å². The monoisotopic (exact) mass is 647 g/mol. The van der Waals surface area contributed by atoms with Crippen LogP contribution >= 0.6 is 0 Å². The summed E-state index contributed by atoms with van der Waals surface area (Å²) in [5.41, 5.74) is 5.13. The molecule has 0 heterocycles. The number of hydrogen-bond acceptors (Lipinski definition) is 12. The topological polar surface area (TPSA) is 206 Å². The van der Waals surface area contributed by atoms with Crippen LogP contribution in [0.15, 0.2) is 0 Å². The number of carbonyl (C=O) groups is 5. The highest BCUT2D eigenvalue weighted by molar-refractivity contribution is 5.83. The van der Waals surface area contributed by atoms with Gasteiger partial charge in [0.2, 0.25) is 17.7 Å². The number of carbonyl (C=O) groups excluding carboxylic acids is 5. The van der Waals surface area contributed by atoms with E-state index in [1.165, 1.54) is 0 Å². The number of Topliss-reactive ketones (excluding diaryl/α,β-unsaturated/α-hetero) is 1. The SMILES string of the molecule is CCC(=O)[C@H](CCCCNC(=O)COCCOCCNC(=O)COCCOCCNC(=O)CC[C@H](N)C(=O)OC(C)(C)C)NC. The molecule has 2 atom stereocenters. The first-order chi connectivity index (χ1) is 21.4. The molecule has 0 aliphatic rings. The normalized spacial score (nSPS) is 12.7. The second-order valence-corrected chi connectivity index (χ2v) is 11.2.